The highest BCUT2D eigenvalue weighted by Gasteiger charge is 2.16. The molecule has 32 heavy (non-hydrogen) atoms. The summed E-state index contributed by atoms with van der Waals surface area (Å²) in [4.78, 5) is 29.3. The van der Waals surface area contributed by atoms with Crippen molar-refractivity contribution >= 4 is 11.6 Å². The van der Waals surface area contributed by atoms with Gasteiger partial charge in [0, 0.05) is 18.9 Å². The molecule has 2 heterocycles. The first-order chi connectivity index (χ1) is 15.5. The molecule has 0 aliphatic rings. The minimum atomic E-state index is -0.423. The first kappa shape index (κ1) is 21.3. The fourth-order valence-electron chi connectivity index (χ4n) is 3.40. The summed E-state index contributed by atoms with van der Waals surface area (Å²) < 4.78 is 8.40. The molecule has 8 nitrogen and oxygen atoms in total. The van der Waals surface area contributed by atoms with Crippen LogP contribution in [-0.4, -0.2) is 31.6 Å². The summed E-state index contributed by atoms with van der Waals surface area (Å²) in [5.74, 6) is 0.581. The average molecular weight is 431 g/mol. The Morgan fingerprint density at radius 3 is 2.72 bits per heavy atom. The lowest BCUT2D eigenvalue weighted by atomic mass is 10.1. The molecule has 0 saturated heterocycles. The normalized spacial score (nSPS) is 10.9. The second-order valence-electron chi connectivity index (χ2n) is 7.61. The molecule has 1 N–H and O–H groups in total. The number of ether oxygens (including phenoxy) is 1. The van der Waals surface area contributed by atoms with Gasteiger partial charge < -0.3 is 10.1 Å². The van der Waals surface area contributed by atoms with Gasteiger partial charge in [-0.25, -0.2) is 18.9 Å². The number of fused-ring (bicyclic) bond motifs is 1. The number of carbonyl (C=O) groups excluding carboxylic acids is 1. The minimum Gasteiger partial charge on any atom is -0.436 e. The Morgan fingerprint density at radius 1 is 1.09 bits per heavy atom. The monoisotopic (exact) mass is 431 g/mol. The molecule has 0 fully saturated rings. The molecule has 1 amide bonds. The standard InChI is InChI=1S/C24H25N5O3/c1-17-8-6-12-20(18(17)2)32-23-22-27-29(24(31)28(22)15-14-26-23)16-21(30)25-13-7-11-19-9-4-3-5-10-19/h3-6,8-10,12,14-15H,7,11,13,16H2,1-2H3,(H,25,30). The minimum absolute atomic E-state index is 0.172. The van der Waals surface area contributed by atoms with Crippen molar-refractivity contribution in [1.82, 2.24) is 24.5 Å². The molecule has 0 unspecified atom stereocenters. The van der Waals surface area contributed by atoms with Gasteiger partial charge in [0.1, 0.15) is 12.3 Å². The summed E-state index contributed by atoms with van der Waals surface area (Å²) in [5, 5.41) is 7.14. The smallest absolute Gasteiger partial charge is 0.351 e. The molecule has 8 heteroatoms. The molecule has 0 saturated carbocycles. The number of carbonyl (C=O) groups is 1. The number of benzene rings is 2. The number of nitrogens with zero attached hydrogens (tertiary/aromatic N) is 4. The van der Waals surface area contributed by atoms with Crippen LogP contribution in [0.4, 0.5) is 0 Å². The van der Waals surface area contributed by atoms with Crippen molar-refractivity contribution < 1.29 is 9.53 Å². The van der Waals surface area contributed by atoms with E-state index in [0.717, 1.165) is 28.7 Å². The summed E-state index contributed by atoms with van der Waals surface area (Å²) in [6.45, 7) is 4.30. The van der Waals surface area contributed by atoms with Gasteiger partial charge >= 0.3 is 5.69 Å². The lowest BCUT2D eigenvalue weighted by Gasteiger charge is -2.09. The summed E-state index contributed by atoms with van der Waals surface area (Å²) in [6.07, 6.45) is 4.67. The molecule has 4 aromatic rings. The Kier molecular flexibility index (Phi) is 6.30. The third kappa shape index (κ3) is 4.69. The highest BCUT2D eigenvalue weighted by atomic mass is 16.5. The number of hydrogen-bond donors (Lipinski definition) is 1. The van der Waals surface area contributed by atoms with E-state index in [1.54, 1.807) is 0 Å². The van der Waals surface area contributed by atoms with Gasteiger partial charge in [0.2, 0.25) is 11.6 Å². The Bertz CT molecular complexity index is 1290. The van der Waals surface area contributed by atoms with E-state index in [1.165, 1.54) is 22.4 Å². The lowest BCUT2D eigenvalue weighted by Crippen LogP contribution is -2.33. The molecule has 0 aliphatic carbocycles. The van der Waals surface area contributed by atoms with Crippen LogP contribution < -0.4 is 15.7 Å². The van der Waals surface area contributed by atoms with Crippen molar-refractivity contribution in [3.63, 3.8) is 0 Å². The van der Waals surface area contributed by atoms with Crippen LogP contribution in [0.15, 0.2) is 65.7 Å². The van der Waals surface area contributed by atoms with Crippen LogP contribution in [0.3, 0.4) is 0 Å². The van der Waals surface area contributed by atoms with Gasteiger partial charge in [-0.2, -0.15) is 0 Å². The average Bonchev–Trinajstić information content (AvgIpc) is 3.11. The zero-order valence-corrected chi connectivity index (χ0v) is 18.1. The van der Waals surface area contributed by atoms with Crippen LogP contribution >= 0.6 is 0 Å². The van der Waals surface area contributed by atoms with Gasteiger partial charge in [-0.3, -0.25) is 4.79 Å². The Labute approximate surface area is 185 Å². The Morgan fingerprint density at radius 2 is 1.91 bits per heavy atom. The molecule has 0 spiro atoms. The van der Waals surface area contributed by atoms with Crippen LogP contribution in [-0.2, 0) is 17.8 Å². The fraction of sp³-hybridized carbons (Fsp3) is 0.250. The maximum absolute atomic E-state index is 12.7. The van der Waals surface area contributed by atoms with E-state index in [9.17, 15) is 9.59 Å². The Balaban J connectivity index is 1.44. The van der Waals surface area contributed by atoms with Gasteiger partial charge in [-0.1, -0.05) is 42.5 Å². The zero-order chi connectivity index (χ0) is 22.5. The highest BCUT2D eigenvalue weighted by molar-refractivity contribution is 5.75. The fourth-order valence-corrected chi connectivity index (χ4v) is 3.40. The van der Waals surface area contributed by atoms with Crippen LogP contribution in [0.2, 0.25) is 0 Å². The molecule has 0 atom stereocenters. The van der Waals surface area contributed by atoms with Crippen molar-refractivity contribution in [2.24, 2.45) is 0 Å². The molecular formula is C24H25N5O3. The van der Waals surface area contributed by atoms with Gasteiger partial charge in [0.25, 0.3) is 5.88 Å². The van der Waals surface area contributed by atoms with E-state index in [0.29, 0.717) is 12.3 Å². The Hall–Kier alpha value is -3.94. The predicted octanol–water partition coefficient (Wildman–Crippen LogP) is 3.05. The first-order valence-corrected chi connectivity index (χ1v) is 10.5. The number of hydrogen-bond acceptors (Lipinski definition) is 5. The van der Waals surface area contributed by atoms with Crippen molar-refractivity contribution in [3.05, 3.63) is 88.1 Å². The maximum Gasteiger partial charge on any atom is 0.351 e. The molecule has 0 bridgehead atoms. The number of aryl methyl sites for hydroxylation is 2. The summed E-state index contributed by atoms with van der Waals surface area (Å²) in [6, 6.07) is 15.8. The van der Waals surface area contributed by atoms with E-state index in [2.05, 4.69) is 27.5 Å². The van der Waals surface area contributed by atoms with Crippen LogP contribution in [0.1, 0.15) is 23.1 Å². The van der Waals surface area contributed by atoms with Crippen LogP contribution in [0, 0.1) is 13.8 Å². The number of nitrogens with one attached hydrogen (secondary N) is 1. The summed E-state index contributed by atoms with van der Waals surface area (Å²) in [5.41, 5.74) is 3.12. The molecule has 0 aliphatic heterocycles. The number of amides is 1. The molecule has 164 valence electrons. The lowest BCUT2D eigenvalue weighted by molar-refractivity contribution is -0.121. The number of aromatic nitrogens is 4. The van der Waals surface area contributed by atoms with Crippen LogP contribution in [0.5, 0.6) is 11.6 Å². The first-order valence-electron chi connectivity index (χ1n) is 10.5. The summed E-state index contributed by atoms with van der Waals surface area (Å²) in [7, 11) is 0. The maximum atomic E-state index is 12.7. The van der Waals surface area contributed by atoms with Crippen molar-refractivity contribution in [2.75, 3.05) is 6.54 Å². The third-order valence-electron chi connectivity index (χ3n) is 5.33. The second-order valence-corrected chi connectivity index (χ2v) is 7.61. The highest BCUT2D eigenvalue weighted by Crippen LogP contribution is 2.27. The predicted molar refractivity (Wildman–Crippen MR) is 121 cm³/mol. The largest absolute Gasteiger partial charge is 0.436 e. The molecule has 2 aromatic heterocycles. The van der Waals surface area contributed by atoms with E-state index in [1.807, 2.05) is 50.2 Å². The van der Waals surface area contributed by atoms with E-state index in [4.69, 9.17) is 4.74 Å². The third-order valence-corrected chi connectivity index (χ3v) is 5.33. The van der Waals surface area contributed by atoms with E-state index < -0.39 is 5.69 Å². The van der Waals surface area contributed by atoms with Gasteiger partial charge in [0.15, 0.2) is 0 Å². The van der Waals surface area contributed by atoms with Gasteiger partial charge in [0.05, 0.1) is 0 Å². The zero-order valence-electron chi connectivity index (χ0n) is 18.1. The summed E-state index contributed by atoms with van der Waals surface area (Å²) >= 11 is 0. The topological polar surface area (TPSA) is 90.5 Å². The van der Waals surface area contributed by atoms with Gasteiger partial charge in [-0.05, 0) is 49.4 Å². The second kappa shape index (κ2) is 9.47. The van der Waals surface area contributed by atoms with E-state index in [-0.39, 0.29) is 24.0 Å². The van der Waals surface area contributed by atoms with Crippen molar-refractivity contribution in [3.8, 4) is 11.6 Å². The molecule has 2 aromatic carbocycles. The van der Waals surface area contributed by atoms with Crippen LogP contribution in [0.25, 0.3) is 5.65 Å². The van der Waals surface area contributed by atoms with Crippen molar-refractivity contribution in [2.45, 2.75) is 33.2 Å². The number of rotatable bonds is 8. The van der Waals surface area contributed by atoms with Crippen molar-refractivity contribution in [1.29, 1.82) is 0 Å². The van der Waals surface area contributed by atoms with Gasteiger partial charge in [-0.15, -0.1) is 5.10 Å². The van der Waals surface area contributed by atoms with E-state index >= 15 is 0 Å². The SMILES string of the molecule is Cc1cccc(Oc2nccn3c(=O)n(CC(=O)NCCCc4ccccc4)nc23)c1C. The quantitative estimate of drug-likeness (QED) is 0.433. The molecule has 0 radical (unpaired) electrons. The molecular weight excluding hydrogens is 406 g/mol. The molecule has 4 rings (SSSR count).